The third-order valence-corrected chi connectivity index (χ3v) is 6.44. The van der Waals surface area contributed by atoms with Crippen molar-refractivity contribution in [1.29, 1.82) is 0 Å². The molecule has 32 heavy (non-hydrogen) atoms. The Morgan fingerprint density at radius 1 is 1.03 bits per heavy atom. The van der Waals surface area contributed by atoms with Crippen molar-refractivity contribution in [2.75, 3.05) is 31.1 Å². The summed E-state index contributed by atoms with van der Waals surface area (Å²) in [4.78, 5) is 21.6. The Morgan fingerprint density at radius 2 is 1.66 bits per heavy atom. The fourth-order valence-electron chi connectivity index (χ4n) is 3.39. The predicted molar refractivity (Wildman–Crippen MR) is 131 cm³/mol. The topological polar surface area (TPSA) is 36.4 Å². The van der Waals surface area contributed by atoms with Gasteiger partial charge in [0.25, 0.3) is 5.91 Å². The van der Waals surface area contributed by atoms with Crippen LogP contribution in [0.1, 0.15) is 50.5 Å². The summed E-state index contributed by atoms with van der Waals surface area (Å²) in [5.74, 6) is -1.57. The van der Waals surface area contributed by atoms with E-state index in [1.165, 1.54) is 6.07 Å². The summed E-state index contributed by atoms with van der Waals surface area (Å²) >= 11 is 1.13. The molecule has 0 bridgehead atoms. The van der Waals surface area contributed by atoms with E-state index in [9.17, 15) is 13.6 Å². The SMILES string of the molecule is CCN(CC)CCN(C(=O)c1ccc(C(C)(C)C)cc1)c1nc2c(F)cc(F)cc2s1.Cl. The number of carbonyl (C=O) groups is 1. The predicted octanol–water partition coefficient (Wildman–Crippen LogP) is 6.28. The van der Waals surface area contributed by atoms with Gasteiger partial charge in [-0.15, -0.1) is 12.4 Å². The first-order valence-electron chi connectivity index (χ1n) is 10.5. The number of halogens is 3. The summed E-state index contributed by atoms with van der Waals surface area (Å²) in [6.07, 6.45) is 0. The van der Waals surface area contributed by atoms with Gasteiger partial charge in [0.2, 0.25) is 0 Å². The maximum atomic E-state index is 14.2. The van der Waals surface area contributed by atoms with E-state index in [4.69, 9.17) is 0 Å². The van der Waals surface area contributed by atoms with Gasteiger partial charge in [-0.05, 0) is 42.3 Å². The fourth-order valence-corrected chi connectivity index (χ4v) is 4.42. The highest BCUT2D eigenvalue weighted by Gasteiger charge is 2.24. The number of amides is 1. The lowest BCUT2D eigenvalue weighted by molar-refractivity contribution is 0.0983. The summed E-state index contributed by atoms with van der Waals surface area (Å²) in [5, 5.41) is 0.372. The van der Waals surface area contributed by atoms with E-state index >= 15 is 0 Å². The molecule has 0 saturated carbocycles. The largest absolute Gasteiger partial charge is 0.302 e. The molecule has 1 aromatic heterocycles. The van der Waals surface area contributed by atoms with Crippen LogP contribution >= 0.6 is 23.7 Å². The first-order chi connectivity index (χ1) is 14.6. The third kappa shape index (κ3) is 5.82. The van der Waals surface area contributed by atoms with Gasteiger partial charge in [-0.25, -0.2) is 13.8 Å². The van der Waals surface area contributed by atoms with Gasteiger partial charge in [-0.1, -0.05) is 58.1 Å². The molecular formula is C24H30ClF2N3OS. The number of nitrogens with zero attached hydrogens (tertiary/aromatic N) is 3. The Hall–Kier alpha value is -2.09. The lowest BCUT2D eigenvalue weighted by Crippen LogP contribution is -2.38. The van der Waals surface area contributed by atoms with Crippen molar-refractivity contribution in [2.45, 2.75) is 40.0 Å². The molecule has 8 heteroatoms. The molecule has 0 aliphatic rings. The second kappa shape index (κ2) is 10.7. The highest BCUT2D eigenvalue weighted by molar-refractivity contribution is 7.22. The Bertz CT molecular complexity index is 1060. The Kier molecular flexibility index (Phi) is 8.74. The molecule has 174 valence electrons. The van der Waals surface area contributed by atoms with Crippen molar-refractivity contribution in [2.24, 2.45) is 0 Å². The molecule has 0 unspecified atom stereocenters. The van der Waals surface area contributed by atoms with Crippen LogP contribution in [-0.4, -0.2) is 42.0 Å². The van der Waals surface area contributed by atoms with Crippen LogP contribution in [0.25, 0.3) is 10.2 Å². The zero-order valence-corrected chi connectivity index (χ0v) is 20.7. The van der Waals surface area contributed by atoms with E-state index in [-0.39, 0.29) is 29.2 Å². The summed E-state index contributed by atoms with van der Waals surface area (Å²) in [6.45, 7) is 13.3. The molecule has 0 N–H and O–H groups in total. The van der Waals surface area contributed by atoms with Gasteiger partial charge in [0.05, 0.1) is 4.70 Å². The Balaban J connectivity index is 0.00000363. The molecule has 0 radical (unpaired) electrons. The van der Waals surface area contributed by atoms with Crippen LogP contribution in [0.4, 0.5) is 13.9 Å². The Morgan fingerprint density at radius 3 is 2.22 bits per heavy atom. The number of likely N-dealkylation sites (N-methyl/N-ethyl adjacent to an activating group) is 1. The van der Waals surface area contributed by atoms with Gasteiger partial charge in [0.15, 0.2) is 10.9 Å². The van der Waals surface area contributed by atoms with E-state index in [2.05, 4.69) is 44.5 Å². The second-order valence-corrected chi connectivity index (χ2v) is 9.55. The molecule has 0 atom stereocenters. The maximum Gasteiger partial charge on any atom is 0.260 e. The number of carbonyl (C=O) groups excluding carboxylic acids is 1. The normalized spacial score (nSPS) is 11.6. The van der Waals surface area contributed by atoms with Crippen LogP contribution in [-0.2, 0) is 5.41 Å². The van der Waals surface area contributed by atoms with Gasteiger partial charge in [0, 0.05) is 24.7 Å². The minimum absolute atomic E-state index is 0. The molecule has 1 heterocycles. The quantitative estimate of drug-likeness (QED) is 0.398. The second-order valence-electron chi connectivity index (χ2n) is 8.54. The van der Waals surface area contributed by atoms with E-state index in [0.717, 1.165) is 36.1 Å². The van der Waals surface area contributed by atoms with Crippen molar-refractivity contribution in [1.82, 2.24) is 9.88 Å². The average Bonchev–Trinajstić information content (AvgIpc) is 3.14. The zero-order chi connectivity index (χ0) is 22.8. The standard InChI is InChI=1S/C24H29F2N3OS.ClH/c1-6-28(7-2)12-13-29(22(30)16-8-10-17(11-9-16)24(3,4)5)23-27-21-19(26)14-18(25)15-20(21)31-23;/h8-11,14-15H,6-7,12-13H2,1-5H3;1H. The smallest absolute Gasteiger partial charge is 0.260 e. The van der Waals surface area contributed by atoms with Gasteiger partial charge < -0.3 is 4.90 Å². The minimum Gasteiger partial charge on any atom is -0.302 e. The zero-order valence-electron chi connectivity index (χ0n) is 19.1. The van der Waals surface area contributed by atoms with Crippen LogP contribution in [0.2, 0.25) is 0 Å². The van der Waals surface area contributed by atoms with Crippen LogP contribution in [0.3, 0.4) is 0 Å². The van der Waals surface area contributed by atoms with Crippen molar-refractivity contribution in [3.8, 4) is 0 Å². The van der Waals surface area contributed by atoms with E-state index in [1.807, 2.05) is 24.3 Å². The van der Waals surface area contributed by atoms with E-state index < -0.39 is 11.6 Å². The number of aromatic nitrogens is 1. The van der Waals surface area contributed by atoms with E-state index in [1.54, 1.807) is 4.90 Å². The van der Waals surface area contributed by atoms with Crippen molar-refractivity contribution in [3.63, 3.8) is 0 Å². The first-order valence-corrected chi connectivity index (χ1v) is 11.4. The Labute approximate surface area is 198 Å². The summed E-state index contributed by atoms with van der Waals surface area (Å²) < 4.78 is 28.3. The number of fused-ring (bicyclic) bond motifs is 1. The van der Waals surface area contributed by atoms with Crippen molar-refractivity contribution in [3.05, 3.63) is 59.2 Å². The molecule has 0 saturated heterocycles. The van der Waals surface area contributed by atoms with Crippen molar-refractivity contribution < 1.29 is 13.6 Å². The molecular weight excluding hydrogens is 452 g/mol. The molecule has 0 spiro atoms. The number of thiazole rings is 1. The van der Waals surface area contributed by atoms with Crippen molar-refractivity contribution >= 4 is 45.0 Å². The van der Waals surface area contributed by atoms with Crippen LogP contribution < -0.4 is 4.90 Å². The van der Waals surface area contributed by atoms with Crippen LogP contribution in [0.5, 0.6) is 0 Å². The molecule has 0 aliphatic heterocycles. The van der Waals surface area contributed by atoms with Gasteiger partial charge in [-0.3, -0.25) is 9.69 Å². The molecule has 3 rings (SSSR count). The third-order valence-electron chi connectivity index (χ3n) is 5.41. The number of hydrogen-bond donors (Lipinski definition) is 0. The summed E-state index contributed by atoms with van der Waals surface area (Å²) in [5.41, 5.74) is 1.75. The highest BCUT2D eigenvalue weighted by Crippen LogP contribution is 2.32. The number of benzene rings is 2. The molecule has 0 fully saturated rings. The number of hydrogen-bond acceptors (Lipinski definition) is 4. The molecule has 1 amide bonds. The molecule has 4 nitrogen and oxygen atoms in total. The average molecular weight is 482 g/mol. The van der Waals surface area contributed by atoms with Crippen LogP contribution in [0, 0.1) is 11.6 Å². The van der Waals surface area contributed by atoms with E-state index in [0.29, 0.717) is 28.5 Å². The summed E-state index contributed by atoms with van der Waals surface area (Å²) in [6, 6.07) is 9.64. The number of anilines is 1. The van der Waals surface area contributed by atoms with Crippen LogP contribution in [0.15, 0.2) is 36.4 Å². The lowest BCUT2D eigenvalue weighted by Gasteiger charge is -2.25. The summed E-state index contributed by atoms with van der Waals surface area (Å²) in [7, 11) is 0. The fraction of sp³-hybridized carbons (Fsp3) is 0.417. The lowest BCUT2D eigenvalue weighted by atomic mass is 9.86. The maximum absolute atomic E-state index is 14.2. The minimum atomic E-state index is -0.719. The van der Waals surface area contributed by atoms with Gasteiger partial charge in [-0.2, -0.15) is 0 Å². The number of rotatable bonds is 7. The van der Waals surface area contributed by atoms with Gasteiger partial charge in [0.1, 0.15) is 11.3 Å². The molecule has 2 aromatic carbocycles. The highest BCUT2D eigenvalue weighted by atomic mass is 35.5. The monoisotopic (exact) mass is 481 g/mol. The van der Waals surface area contributed by atoms with Gasteiger partial charge >= 0.3 is 0 Å². The molecule has 0 aliphatic carbocycles. The first kappa shape index (κ1) is 26.2. The molecule has 3 aromatic rings.